The molecule has 14 heavy (non-hydrogen) atoms. The van der Waals surface area contributed by atoms with Gasteiger partial charge in [0.25, 0.3) is 0 Å². The highest BCUT2D eigenvalue weighted by molar-refractivity contribution is 5.91. The molecule has 4 heteroatoms. The van der Waals surface area contributed by atoms with Crippen molar-refractivity contribution in [2.24, 2.45) is 0 Å². The Kier molecular flexibility index (Phi) is 1.28. The maximum Gasteiger partial charge on any atom is 0.147 e. The molecule has 0 fully saturated rings. The van der Waals surface area contributed by atoms with Gasteiger partial charge in [-0.05, 0) is 18.2 Å². The number of phenols is 1. The summed E-state index contributed by atoms with van der Waals surface area (Å²) in [6.07, 6.45) is 5.24. The van der Waals surface area contributed by atoms with E-state index in [1.165, 1.54) is 0 Å². The summed E-state index contributed by atoms with van der Waals surface area (Å²) in [5, 5.41) is 10.2. The van der Waals surface area contributed by atoms with Gasteiger partial charge in [-0.3, -0.25) is 4.40 Å². The van der Waals surface area contributed by atoms with Gasteiger partial charge in [-0.2, -0.15) is 0 Å². The lowest BCUT2D eigenvalue weighted by atomic mass is 10.2. The quantitative estimate of drug-likeness (QED) is 0.578. The lowest BCUT2D eigenvalue weighted by molar-refractivity contribution is 0.476. The number of nitrogens with zero attached hydrogens (tertiary/aromatic N) is 3. The third-order valence-electron chi connectivity index (χ3n) is 2.21. The van der Waals surface area contributed by atoms with E-state index in [0.29, 0.717) is 0 Å². The highest BCUT2D eigenvalue weighted by atomic mass is 16.3. The standard InChI is InChI=1S/C10H7N3O/c14-7-1-2-9-8(5-7)10-11-3-4-13(10)6-12-9/h1-6,14H. The minimum atomic E-state index is 0.232. The highest BCUT2D eigenvalue weighted by Crippen LogP contribution is 2.21. The van der Waals surface area contributed by atoms with E-state index < -0.39 is 0 Å². The van der Waals surface area contributed by atoms with Crippen LogP contribution >= 0.6 is 0 Å². The summed E-state index contributed by atoms with van der Waals surface area (Å²) in [6.45, 7) is 0. The van der Waals surface area contributed by atoms with Gasteiger partial charge in [-0.1, -0.05) is 0 Å². The van der Waals surface area contributed by atoms with Crippen LogP contribution in [0.2, 0.25) is 0 Å². The Morgan fingerprint density at radius 1 is 1.21 bits per heavy atom. The molecule has 0 bridgehead atoms. The van der Waals surface area contributed by atoms with Crippen molar-refractivity contribution in [2.45, 2.75) is 0 Å². The Bertz CT molecular complexity index is 615. The monoisotopic (exact) mass is 185 g/mol. The van der Waals surface area contributed by atoms with Gasteiger partial charge >= 0.3 is 0 Å². The van der Waals surface area contributed by atoms with Crippen LogP contribution < -0.4 is 0 Å². The fourth-order valence-electron chi connectivity index (χ4n) is 1.55. The predicted molar refractivity (Wildman–Crippen MR) is 52.2 cm³/mol. The van der Waals surface area contributed by atoms with Crippen molar-refractivity contribution in [3.63, 3.8) is 0 Å². The maximum absolute atomic E-state index is 9.36. The molecule has 1 aromatic carbocycles. The van der Waals surface area contributed by atoms with Gasteiger partial charge in [-0.15, -0.1) is 0 Å². The van der Waals surface area contributed by atoms with Crippen molar-refractivity contribution in [3.8, 4) is 5.75 Å². The Morgan fingerprint density at radius 2 is 2.14 bits per heavy atom. The van der Waals surface area contributed by atoms with Crippen LogP contribution in [0.25, 0.3) is 16.6 Å². The number of rotatable bonds is 0. The average molecular weight is 185 g/mol. The normalized spacial score (nSPS) is 11.1. The Balaban J connectivity index is 2.60. The molecule has 2 aromatic heterocycles. The van der Waals surface area contributed by atoms with Crippen molar-refractivity contribution < 1.29 is 5.11 Å². The SMILES string of the molecule is Oc1ccc2ncn3ccnc3c2c1. The number of benzene rings is 1. The molecule has 4 nitrogen and oxygen atoms in total. The predicted octanol–water partition coefficient (Wildman–Crippen LogP) is 1.59. The first-order valence-electron chi connectivity index (χ1n) is 4.25. The molecule has 0 saturated carbocycles. The van der Waals surface area contributed by atoms with Gasteiger partial charge in [0, 0.05) is 17.8 Å². The fraction of sp³-hybridized carbons (Fsp3) is 0. The van der Waals surface area contributed by atoms with Crippen LogP contribution in [-0.2, 0) is 0 Å². The molecule has 3 rings (SSSR count). The minimum absolute atomic E-state index is 0.232. The molecule has 0 radical (unpaired) electrons. The van der Waals surface area contributed by atoms with Gasteiger partial charge in [0.05, 0.1) is 5.52 Å². The first-order chi connectivity index (χ1) is 6.84. The molecular weight excluding hydrogens is 178 g/mol. The van der Waals surface area contributed by atoms with Crippen LogP contribution in [0.15, 0.2) is 36.9 Å². The molecule has 3 aromatic rings. The van der Waals surface area contributed by atoms with Crippen LogP contribution in [0.3, 0.4) is 0 Å². The molecule has 1 N–H and O–H groups in total. The Morgan fingerprint density at radius 3 is 3.07 bits per heavy atom. The van der Waals surface area contributed by atoms with Crippen LogP contribution in [0.4, 0.5) is 0 Å². The molecule has 0 aliphatic carbocycles. The zero-order valence-corrected chi connectivity index (χ0v) is 7.25. The van der Waals surface area contributed by atoms with Crippen molar-refractivity contribution in [2.75, 3.05) is 0 Å². The number of fused-ring (bicyclic) bond motifs is 3. The summed E-state index contributed by atoms with van der Waals surface area (Å²) >= 11 is 0. The first-order valence-corrected chi connectivity index (χ1v) is 4.25. The lowest BCUT2D eigenvalue weighted by Gasteiger charge is -1.99. The van der Waals surface area contributed by atoms with E-state index in [-0.39, 0.29) is 5.75 Å². The Hall–Kier alpha value is -2.10. The van der Waals surface area contributed by atoms with Crippen LogP contribution in [0, 0.1) is 0 Å². The largest absolute Gasteiger partial charge is 0.508 e. The number of aromatic nitrogens is 3. The van der Waals surface area contributed by atoms with E-state index in [1.807, 2.05) is 10.6 Å². The Labute approximate surface area is 79.5 Å². The molecule has 68 valence electrons. The van der Waals surface area contributed by atoms with Gasteiger partial charge < -0.3 is 5.11 Å². The third kappa shape index (κ3) is 0.877. The fourth-order valence-corrected chi connectivity index (χ4v) is 1.55. The van der Waals surface area contributed by atoms with Crippen LogP contribution in [0.1, 0.15) is 0 Å². The van der Waals surface area contributed by atoms with E-state index >= 15 is 0 Å². The van der Waals surface area contributed by atoms with Crippen molar-refractivity contribution in [1.29, 1.82) is 0 Å². The summed E-state index contributed by atoms with van der Waals surface area (Å²) in [6, 6.07) is 5.07. The molecule has 0 unspecified atom stereocenters. The van der Waals surface area contributed by atoms with E-state index in [2.05, 4.69) is 9.97 Å². The summed E-state index contributed by atoms with van der Waals surface area (Å²) in [5.74, 6) is 0.232. The third-order valence-corrected chi connectivity index (χ3v) is 2.21. The number of hydrogen-bond acceptors (Lipinski definition) is 3. The zero-order valence-electron chi connectivity index (χ0n) is 7.25. The second kappa shape index (κ2) is 2.45. The first kappa shape index (κ1) is 7.32. The van der Waals surface area contributed by atoms with Crippen molar-refractivity contribution >= 4 is 16.6 Å². The molecular formula is C10H7N3O. The topological polar surface area (TPSA) is 50.4 Å². The smallest absolute Gasteiger partial charge is 0.147 e. The van der Waals surface area contributed by atoms with Crippen molar-refractivity contribution in [1.82, 2.24) is 14.4 Å². The molecule has 0 saturated heterocycles. The van der Waals surface area contributed by atoms with Crippen LogP contribution in [-0.4, -0.2) is 19.5 Å². The number of imidazole rings is 1. The van der Waals surface area contributed by atoms with E-state index in [0.717, 1.165) is 16.6 Å². The molecule has 0 spiro atoms. The number of phenolic OH excluding ortho intramolecular Hbond substituents is 1. The lowest BCUT2D eigenvalue weighted by Crippen LogP contribution is -1.88. The molecule has 0 aliphatic heterocycles. The van der Waals surface area contributed by atoms with Crippen molar-refractivity contribution in [3.05, 3.63) is 36.9 Å². The summed E-state index contributed by atoms with van der Waals surface area (Å²) in [7, 11) is 0. The highest BCUT2D eigenvalue weighted by Gasteiger charge is 2.02. The summed E-state index contributed by atoms with van der Waals surface area (Å²) in [5.41, 5.74) is 1.65. The summed E-state index contributed by atoms with van der Waals surface area (Å²) < 4.78 is 1.82. The molecule has 2 heterocycles. The summed E-state index contributed by atoms with van der Waals surface area (Å²) in [4.78, 5) is 8.43. The minimum Gasteiger partial charge on any atom is -0.508 e. The number of hydrogen-bond donors (Lipinski definition) is 1. The number of aromatic hydroxyl groups is 1. The second-order valence-electron chi connectivity index (χ2n) is 3.10. The van der Waals surface area contributed by atoms with E-state index in [4.69, 9.17) is 0 Å². The van der Waals surface area contributed by atoms with Gasteiger partial charge in [0.1, 0.15) is 17.7 Å². The zero-order chi connectivity index (χ0) is 9.54. The molecule has 0 atom stereocenters. The van der Waals surface area contributed by atoms with E-state index in [9.17, 15) is 5.11 Å². The van der Waals surface area contributed by atoms with Gasteiger partial charge in [0.2, 0.25) is 0 Å². The van der Waals surface area contributed by atoms with Crippen LogP contribution in [0.5, 0.6) is 5.75 Å². The molecule has 0 aliphatic rings. The molecule has 0 amide bonds. The maximum atomic E-state index is 9.36. The second-order valence-corrected chi connectivity index (χ2v) is 3.10. The average Bonchev–Trinajstić information content (AvgIpc) is 2.65. The van der Waals surface area contributed by atoms with Gasteiger partial charge in [-0.25, -0.2) is 9.97 Å². The van der Waals surface area contributed by atoms with E-state index in [1.54, 1.807) is 30.7 Å². The van der Waals surface area contributed by atoms with Gasteiger partial charge in [0.15, 0.2) is 0 Å².